The van der Waals surface area contributed by atoms with Crippen molar-refractivity contribution in [2.75, 3.05) is 36.4 Å². The molecule has 0 saturated carbocycles. The van der Waals surface area contributed by atoms with E-state index in [2.05, 4.69) is 35.1 Å². The average molecular weight is 376 g/mol. The van der Waals surface area contributed by atoms with E-state index in [1.165, 1.54) is 6.20 Å². The van der Waals surface area contributed by atoms with Crippen molar-refractivity contribution < 1.29 is 4.79 Å². The van der Waals surface area contributed by atoms with Gasteiger partial charge in [-0.1, -0.05) is 6.07 Å². The molecule has 0 aromatic carbocycles. The van der Waals surface area contributed by atoms with Crippen LogP contribution >= 0.6 is 0 Å². The summed E-state index contributed by atoms with van der Waals surface area (Å²) < 4.78 is 0. The molecule has 9 heteroatoms. The van der Waals surface area contributed by atoms with Gasteiger partial charge in [0.05, 0.1) is 12.4 Å². The van der Waals surface area contributed by atoms with Crippen molar-refractivity contribution in [3.63, 3.8) is 0 Å². The predicted molar refractivity (Wildman–Crippen MR) is 104 cm³/mol. The molecule has 0 atom stereocenters. The number of nitrogens with zero attached hydrogens (tertiary/aromatic N) is 7. The number of rotatable bonds is 5. The summed E-state index contributed by atoms with van der Waals surface area (Å²) in [6, 6.07) is 5.65. The van der Waals surface area contributed by atoms with Crippen molar-refractivity contribution in [1.82, 2.24) is 29.8 Å². The zero-order chi connectivity index (χ0) is 19.2. The number of nitrogens with one attached hydrogen (secondary N) is 1. The quantitative estimate of drug-likeness (QED) is 0.710. The Morgan fingerprint density at radius 1 is 0.929 bits per heavy atom. The Labute approximate surface area is 162 Å². The van der Waals surface area contributed by atoms with Gasteiger partial charge in [0.2, 0.25) is 5.95 Å². The minimum Gasteiger partial charge on any atom is -0.365 e. The molecule has 0 bridgehead atoms. The van der Waals surface area contributed by atoms with Gasteiger partial charge in [-0.05, 0) is 17.7 Å². The summed E-state index contributed by atoms with van der Waals surface area (Å²) in [6.07, 6.45) is 10.1. The standard InChI is InChI=1S/C19H20N8O/c28-18(26-7-9-27(10-8-26)19-21-5-2-6-22-19)16-13-25-17(14-23-16)24-12-15-3-1-4-20-11-15/h1-6,11,13-14H,7-10,12H2,(H,24,25). The Morgan fingerprint density at radius 3 is 2.43 bits per heavy atom. The van der Waals surface area contributed by atoms with E-state index in [0.29, 0.717) is 50.2 Å². The van der Waals surface area contributed by atoms with E-state index in [9.17, 15) is 4.79 Å². The molecular formula is C19H20N8O. The maximum Gasteiger partial charge on any atom is 0.274 e. The Morgan fingerprint density at radius 2 is 1.75 bits per heavy atom. The summed E-state index contributed by atoms with van der Waals surface area (Å²) in [4.78, 5) is 37.7. The molecule has 4 heterocycles. The third-order valence-corrected chi connectivity index (χ3v) is 4.47. The fraction of sp³-hybridized carbons (Fsp3) is 0.263. The van der Waals surface area contributed by atoms with E-state index in [1.54, 1.807) is 42.0 Å². The molecule has 1 aliphatic heterocycles. The van der Waals surface area contributed by atoms with Gasteiger partial charge in [0.15, 0.2) is 0 Å². The smallest absolute Gasteiger partial charge is 0.274 e. The highest BCUT2D eigenvalue weighted by atomic mass is 16.2. The number of carbonyl (C=O) groups excluding carboxylic acids is 1. The predicted octanol–water partition coefficient (Wildman–Crippen LogP) is 1.24. The van der Waals surface area contributed by atoms with Gasteiger partial charge in [-0.2, -0.15) is 0 Å². The Balaban J connectivity index is 1.31. The van der Waals surface area contributed by atoms with Crippen LogP contribution in [0.25, 0.3) is 0 Å². The van der Waals surface area contributed by atoms with Crippen LogP contribution in [0.4, 0.5) is 11.8 Å². The summed E-state index contributed by atoms with van der Waals surface area (Å²) >= 11 is 0. The van der Waals surface area contributed by atoms with Gasteiger partial charge in [-0.25, -0.2) is 19.9 Å². The van der Waals surface area contributed by atoms with Gasteiger partial charge in [-0.15, -0.1) is 0 Å². The van der Waals surface area contributed by atoms with Crippen molar-refractivity contribution >= 4 is 17.7 Å². The summed E-state index contributed by atoms with van der Waals surface area (Å²) in [5, 5.41) is 3.17. The Hall–Kier alpha value is -3.62. The van der Waals surface area contributed by atoms with Gasteiger partial charge in [-0.3, -0.25) is 9.78 Å². The summed E-state index contributed by atoms with van der Waals surface area (Å²) in [6.45, 7) is 3.17. The van der Waals surface area contributed by atoms with Crippen molar-refractivity contribution in [1.29, 1.82) is 0 Å². The number of amides is 1. The van der Waals surface area contributed by atoms with E-state index in [1.807, 2.05) is 12.1 Å². The van der Waals surface area contributed by atoms with E-state index in [0.717, 1.165) is 5.56 Å². The van der Waals surface area contributed by atoms with Crippen molar-refractivity contribution in [2.24, 2.45) is 0 Å². The first kappa shape index (κ1) is 17.8. The topological polar surface area (TPSA) is 100 Å². The second-order valence-corrected chi connectivity index (χ2v) is 6.33. The van der Waals surface area contributed by atoms with Crippen LogP contribution in [0.1, 0.15) is 16.1 Å². The van der Waals surface area contributed by atoms with Crippen LogP contribution in [-0.4, -0.2) is 61.9 Å². The van der Waals surface area contributed by atoms with Crippen molar-refractivity contribution in [3.8, 4) is 0 Å². The molecule has 3 aromatic rings. The lowest BCUT2D eigenvalue weighted by Gasteiger charge is -2.34. The SMILES string of the molecule is O=C(c1cnc(NCc2cccnc2)cn1)N1CCN(c2ncccn2)CC1. The van der Waals surface area contributed by atoms with Gasteiger partial charge >= 0.3 is 0 Å². The number of hydrogen-bond acceptors (Lipinski definition) is 8. The second kappa shape index (κ2) is 8.38. The monoisotopic (exact) mass is 376 g/mol. The number of aromatic nitrogens is 5. The molecule has 0 unspecified atom stereocenters. The number of anilines is 2. The van der Waals surface area contributed by atoms with Gasteiger partial charge < -0.3 is 15.1 Å². The molecule has 1 fully saturated rings. The summed E-state index contributed by atoms with van der Waals surface area (Å²) in [5.41, 5.74) is 1.39. The summed E-state index contributed by atoms with van der Waals surface area (Å²) in [5.74, 6) is 1.20. The highest BCUT2D eigenvalue weighted by Crippen LogP contribution is 2.12. The number of pyridine rings is 1. The minimum absolute atomic E-state index is 0.111. The van der Waals surface area contributed by atoms with Crippen LogP contribution in [0.2, 0.25) is 0 Å². The molecule has 0 aliphatic carbocycles. The lowest BCUT2D eigenvalue weighted by molar-refractivity contribution is 0.0740. The van der Waals surface area contributed by atoms with Crippen LogP contribution in [0.15, 0.2) is 55.4 Å². The molecule has 28 heavy (non-hydrogen) atoms. The molecule has 1 saturated heterocycles. The highest BCUT2D eigenvalue weighted by molar-refractivity contribution is 5.92. The summed E-state index contributed by atoms with van der Waals surface area (Å²) in [7, 11) is 0. The fourth-order valence-corrected chi connectivity index (χ4v) is 2.95. The third kappa shape index (κ3) is 4.20. The zero-order valence-electron chi connectivity index (χ0n) is 15.3. The first-order valence-electron chi connectivity index (χ1n) is 9.06. The fourth-order valence-electron chi connectivity index (χ4n) is 2.95. The number of hydrogen-bond donors (Lipinski definition) is 1. The van der Waals surface area contributed by atoms with Crippen LogP contribution < -0.4 is 10.2 Å². The highest BCUT2D eigenvalue weighted by Gasteiger charge is 2.24. The molecule has 9 nitrogen and oxygen atoms in total. The van der Waals surface area contributed by atoms with Crippen molar-refractivity contribution in [3.05, 3.63) is 66.6 Å². The van der Waals surface area contributed by atoms with E-state index >= 15 is 0 Å². The molecule has 1 N–H and O–H groups in total. The molecule has 0 spiro atoms. The van der Waals surface area contributed by atoms with Crippen LogP contribution in [0.3, 0.4) is 0 Å². The molecule has 0 radical (unpaired) electrons. The first-order chi connectivity index (χ1) is 13.8. The maximum atomic E-state index is 12.7. The molecule has 3 aromatic heterocycles. The Bertz CT molecular complexity index is 896. The number of piperazine rings is 1. The first-order valence-corrected chi connectivity index (χ1v) is 9.06. The van der Waals surface area contributed by atoms with Gasteiger partial charge in [0.25, 0.3) is 5.91 Å². The lowest BCUT2D eigenvalue weighted by atomic mass is 10.3. The average Bonchev–Trinajstić information content (AvgIpc) is 2.79. The van der Waals surface area contributed by atoms with Gasteiger partial charge in [0.1, 0.15) is 11.5 Å². The van der Waals surface area contributed by atoms with E-state index < -0.39 is 0 Å². The van der Waals surface area contributed by atoms with E-state index in [-0.39, 0.29) is 5.91 Å². The van der Waals surface area contributed by atoms with Crippen LogP contribution in [-0.2, 0) is 6.54 Å². The normalized spacial score (nSPS) is 14.0. The molecular weight excluding hydrogens is 356 g/mol. The molecule has 142 valence electrons. The maximum absolute atomic E-state index is 12.7. The molecule has 1 aliphatic rings. The van der Waals surface area contributed by atoms with E-state index in [4.69, 9.17) is 0 Å². The minimum atomic E-state index is -0.111. The third-order valence-electron chi connectivity index (χ3n) is 4.47. The van der Waals surface area contributed by atoms with Crippen LogP contribution in [0, 0.1) is 0 Å². The Kier molecular flexibility index (Phi) is 5.32. The van der Waals surface area contributed by atoms with Crippen LogP contribution in [0.5, 0.6) is 0 Å². The molecule has 4 rings (SSSR count). The zero-order valence-corrected chi connectivity index (χ0v) is 15.3. The van der Waals surface area contributed by atoms with Gasteiger partial charge in [0, 0.05) is 57.5 Å². The molecule has 1 amide bonds. The van der Waals surface area contributed by atoms with Crippen molar-refractivity contribution in [2.45, 2.75) is 6.54 Å². The lowest BCUT2D eigenvalue weighted by Crippen LogP contribution is -2.49. The second-order valence-electron chi connectivity index (χ2n) is 6.33. The number of carbonyl (C=O) groups is 1. The largest absolute Gasteiger partial charge is 0.365 e.